The van der Waals surface area contributed by atoms with Crippen molar-refractivity contribution in [1.29, 1.82) is 0 Å². The molecule has 0 aliphatic heterocycles. The fourth-order valence-electron chi connectivity index (χ4n) is 2.84. The van der Waals surface area contributed by atoms with Gasteiger partial charge >= 0.3 is 12.1 Å². The SMILES string of the molecule is C=CCOC(=O)N[C@@H](CO)C(=O)N[C@@H](CSC/C(C)=C/CC/C(C)=C/CCC=C(C)C)C(=O)OC. The normalized spacial score (nSPS) is 13.3. The number of hydrogen-bond donors (Lipinski definition) is 3. The van der Waals surface area contributed by atoms with Gasteiger partial charge in [-0.1, -0.05) is 47.6 Å². The summed E-state index contributed by atoms with van der Waals surface area (Å²) >= 11 is 1.49. The first-order chi connectivity index (χ1) is 16.6. The van der Waals surface area contributed by atoms with Crippen LogP contribution in [0, 0.1) is 0 Å². The van der Waals surface area contributed by atoms with Crippen molar-refractivity contribution in [3.05, 3.63) is 47.6 Å². The van der Waals surface area contributed by atoms with Crippen molar-refractivity contribution < 1.29 is 29.0 Å². The Morgan fingerprint density at radius 3 is 2.23 bits per heavy atom. The molecule has 0 aromatic heterocycles. The van der Waals surface area contributed by atoms with E-state index in [9.17, 15) is 19.5 Å². The van der Waals surface area contributed by atoms with Crippen molar-refractivity contribution >= 4 is 29.7 Å². The molecule has 0 aliphatic rings. The molecule has 0 bridgehead atoms. The van der Waals surface area contributed by atoms with Crippen LogP contribution in [0.15, 0.2) is 47.6 Å². The molecule has 3 N–H and O–H groups in total. The van der Waals surface area contributed by atoms with Gasteiger partial charge in [-0.05, 0) is 53.4 Å². The molecule has 0 saturated heterocycles. The Bertz CT molecular complexity index is 772. The molecule has 0 unspecified atom stereocenters. The van der Waals surface area contributed by atoms with E-state index >= 15 is 0 Å². The highest BCUT2D eigenvalue weighted by atomic mass is 32.2. The van der Waals surface area contributed by atoms with E-state index in [0.29, 0.717) is 5.75 Å². The van der Waals surface area contributed by atoms with Gasteiger partial charge < -0.3 is 25.2 Å². The molecule has 0 aromatic carbocycles. The topological polar surface area (TPSA) is 114 Å². The molecule has 198 valence electrons. The molecule has 9 heteroatoms. The molecule has 0 spiro atoms. The Morgan fingerprint density at radius 2 is 1.63 bits per heavy atom. The maximum Gasteiger partial charge on any atom is 0.408 e. The Morgan fingerprint density at radius 1 is 0.971 bits per heavy atom. The molecule has 0 radical (unpaired) electrons. The molecule has 2 atom stereocenters. The molecule has 0 aliphatic carbocycles. The van der Waals surface area contributed by atoms with Crippen LogP contribution in [0.2, 0.25) is 0 Å². The summed E-state index contributed by atoms with van der Waals surface area (Å²) < 4.78 is 9.54. The van der Waals surface area contributed by atoms with Crippen molar-refractivity contribution in [2.24, 2.45) is 0 Å². The fraction of sp³-hybridized carbons (Fsp3) is 0.577. The van der Waals surface area contributed by atoms with E-state index in [1.54, 1.807) is 0 Å². The molecule has 8 nitrogen and oxygen atoms in total. The maximum atomic E-state index is 12.4. The highest BCUT2D eigenvalue weighted by Crippen LogP contribution is 2.14. The van der Waals surface area contributed by atoms with Crippen molar-refractivity contribution in [3.8, 4) is 0 Å². The molecular weight excluding hydrogens is 468 g/mol. The highest BCUT2D eigenvalue weighted by Gasteiger charge is 2.27. The summed E-state index contributed by atoms with van der Waals surface area (Å²) in [5, 5.41) is 14.2. The van der Waals surface area contributed by atoms with Crippen LogP contribution >= 0.6 is 11.8 Å². The summed E-state index contributed by atoms with van der Waals surface area (Å²) in [5.74, 6) is -0.334. The number of thioether (sulfide) groups is 1. The van der Waals surface area contributed by atoms with Gasteiger partial charge in [-0.3, -0.25) is 4.79 Å². The van der Waals surface area contributed by atoms with Crippen molar-refractivity contribution in [2.75, 3.05) is 31.8 Å². The number of rotatable bonds is 17. The lowest BCUT2D eigenvalue weighted by Crippen LogP contribution is -2.54. The number of hydrogen-bond acceptors (Lipinski definition) is 7. The lowest BCUT2D eigenvalue weighted by molar-refractivity contribution is -0.144. The number of ether oxygens (including phenoxy) is 2. The zero-order chi connectivity index (χ0) is 26.6. The lowest BCUT2D eigenvalue weighted by Gasteiger charge is -2.20. The standard InChI is InChI=1S/C26H42N2O6S/c1-7-15-34-26(32)28-22(16-29)24(30)27-23(25(31)33-6)18-35-17-21(5)14-10-13-20(4)12-9-8-11-19(2)3/h7,11-12,14,22-23,29H,1,8-10,13,15-18H2,2-6H3,(H,27,30)(H,28,32)/b20-12+,21-14+/t22-,23-/m0/s1. The number of carbonyl (C=O) groups is 3. The summed E-state index contributed by atoms with van der Waals surface area (Å²) in [6.45, 7) is 11.1. The van der Waals surface area contributed by atoms with Crippen LogP contribution in [0.4, 0.5) is 4.79 Å². The Balaban J connectivity index is 4.64. The summed E-state index contributed by atoms with van der Waals surface area (Å²) in [6, 6.07) is -2.18. The summed E-state index contributed by atoms with van der Waals surface area (Å²) in [4.78, 5) is 36.2. The first-order valence-corrected chi connectivity index (χ1v) is 12.9. The predicted molar refractivity (Wildman–Crippen MR) is 142 cm³/mol. The number of carbonyl (C=O) groups excluding carboxylic acids is 3. The van der Waals surface area contributed by atoms with Crippen LogP contribution < -0.4 is 10.6 Å². The van der Waals surface area contributed by atoms with Crippen LogP contribution in [0.1, 0.15) is 53.4 Å². The second-order valence-electron chi connectivity index (χ2n) is 8.36. The third kappa shape index (κ3) is 16.7. The van der Waals surface area contributed by atoms with Crippen LogP contribution in [0.3, 0.4) is 0 Å². The monoisotopic (exact) mass is 510 g/mol. The molecule has 0 saturated carbocycles. The van der Waals surface area contributed by atoms with Crippen LogP contribution in [0.25, 0.3) is 0 Å². The average Bonchev–Trinajstić information content (AvgIpc) is 2.82. The van der Waals surface area contributed by atoms with E-state index in [2.05, 4.69) is 56.2 Å². The summed E-state index contributed by atoms with van der Waals surface area (Å²) in [5.41, 5.74) is 3.90. The number of unbranched alkanes of at least 4 members (excludes halogenated alkanes) is 1. The van der Waals surface area contributed by atoms with Crippen molar-refractivity contribution in [2.45, 2.75) is 65.5 Å². The summed E-state index contributed by atoms with van der Waals surface area (Å²) in [7, 11) is 1.24. The predicted octanol–water partition coefficient (Wildman–Crippen LogP) is 4.07. The van der Waals surface area contributed by atoms with Gasteiger partial charge in [0.15, 0.2) is 0 Å². The largest absolute Gasteiger partial charge is 0.467 e. The number of methoxy groups -OCH3 is 1. The molecule has 2 amide bonds. The number of nitrogens with one attached hydrogen (secondary N) is 2. The number of alkyl carbamates (subject to hydrolysis) is 1. The van der Waals surface area contributed by atoms with Gasteiger partial charge in [-0.15, -0.1) is 0 Å². The Labute approximate surface area is 214 Å². The smallest absolute Gasteiger partial charge is 0.408 e. The van der Waals surface area contributed by atoms with Crippen molar-refractivity contribution in [1.82, 2.24) is 10.6 Å². The minimum atomic E-state index is -1.26. The lowest BCUT2D eigenvalue weighted by atomic mass is 10.1. The zero-order valence-corrected chi connectivity index (χ0v) is 22.5. The van der Waals surface area contributed by atoms with E-state index < -0.39 is 36.7 Å². The van der Waals surface area contributed by atoms with Crippen molar-refractivity contribution in [3.63, 3.8) is 0 Å². The molecule has 0 aromatic rings. The van der Waals surface area contributed by atoms with Gasteiger partial charge in [0, 0.05) is 11.5 Å². The van der Waals surface area contributed by atoms with Crippen LogP contribution in [-0.4, -0.2) is 67.0 Å². The third-order valence-electron chi connectivity index (χ3n) is 4.78. The average molecular weight is 511 g/mol. The fourth-order valence-corrected chi connectivity index (χ4v) is 3.86. The third-order valence-corrected chi connectivity index (χ3v) is 6.01. The second-order valence-corrected chi connectivity index (χ2v) is 9.39. The number of allylic oxidation sites excluding steroid dienone is 5. The summed E-state index contributed by atoms with van der Waals surface area (Å²) in [6.07, 6.45) is 11.3. The highest BCUT2D eigenvalue weighted by molar-refractivity contribution is 7.99. The van der Waals surface area contributed by atoms with Gasteiger partial charge in [0.05, 0.1) is 13.7 Å². The number of esters is 1. The van der Waals surface area contributed by atoms with E-state index in [1.807, 2.05) is 6.92 Å². The Hall–Kier alpha value is -2.52. The maximum absolute atomic E-state index is 12.4. The van der Waals surface area contributed by atoms with Gasteiger partial charge in [0.25, 0.3) is 0 Å². The van der Waals surface area contributed by atoms with Gasteiger partial charge in [0.2, 0.25) is 5.91 Å². The number of aliphatic hydroxyl groups excluding tert-OH is 1. The van der Waals surface area contributed by atoms with Gasteiger partial charge in [-0.2, -0.15) is 11.8 Å². The number of amides is 2. The van der Waals surface area contributed by atoms with E-state index in [4.69, 9.17) is 9.47 Å². The molecule has 35 heavy (non-hydrogen) atoms. The molecule has 0 rings (SSSR count). The van der Waals surface area contributed by atoms with Crippen LogP contribution in [0.5, 0.6) is 0 Å². The minimum Gasteiger partial charge on any atom is -0.467 e. The first kappa shape index (κ1) is 32.5. The molecule has 0 heterocycles. The molecule has 0 fully saturated rings. The quantitative estimate of drug-likeness (QED) is 0.154. The molecular formula is C26H42N2O6S. The van der Waals surface area contributed by atoms with Gasteiger partial charge in [-0.25, -0.2) is 9.59 Å². The van der Waals surface area contributed by atoms with E-state index in [-0.39, 0.29) is 12.4 Å². The minimum absolute atomic E-state index is 0.0357. The number of aliphatic hydroxyl groups is 1. The Kier molecular flexibility index (Phi) is 18.3. The zero-order valence-electron chi connectivity index (χ0n) is 21.7. The first-order valence-electron chi connectivity index (χ1n) is 11.7. The second kappa shape index (κ2) is 19.8. The van der Waals surface area contributed by atoms with E-state index in [1.165, 1.54) is 41.7 Å². The van der Waals surface area contributed by atoms with Gasteiger partial charge in [0.1, 0.15) is 18.7 Å². The van der Waals surface area contributed by atoms with Crippen LogP contribution in [-0.2, 0) is 19.1 Å². The van der Waals surface area contributed by atoms with E-state index in [0.717, 1.165) is 25.7 Å².